The van der Waals surface area contributed by atoms with Crippen molar-refractivity contribution in [3.8, 4) is 6.07 Å². The Labute approximate surface area is 129 Å². The van der Waals surface area contributed by atoms with Crippen LogP contribution >= 0.6 is 0 Å². The fourth-order valence-corrected chi connectivity index (χ4v) is 1.74. The van der Waals surface area contributed by atoms with E-state index in [0.29, 0.717) is 11.3 Å². The Hall–Kier alpha value is -3.43. The van der Waals surface area contributed by atoms with Crippen molar-refractivity contribution in [1.82, 2.24) is 0 Å². The molecule has 0 radical (unpaired) electrons. The van der Waals surface area contributed by atoms with Gasteiger partial charge in [0.25, 0.3) is 0 Å². The van der Waals surface area contributed by atoms with Gasteiger partial charge in [0, 0.05) is 0 Å². The van der Waals surface area contributed by atoms with Gasteiger partial charge < -0.3 is 0 Å². The van der Waals surface area contributed by atoms with E-state index >= 15 is 0 Å². The average Bonchev–Trinajstić information content (AvgIpc) is 2.59. The second-order valence-electron chi connectivity index (χ2n) is 4.51. The molecule has 22 heavy (non-hydrogen) atoms. The summed E-state index contributed by atoms with van der Waals surface area (Å²) in [6.45, 7) is 6.87. The second-order valence-corrected chi connectivity index (χ2v) is 4.51. The van der Waals surface area contributed by atoms with Gasteiger partial charge in [-0.25, -0.2) is 4.85 Å². The topological polar surface area (TPSA) is 45.2 Å². The molecule has 2 aromatic carbocycles. The molecule has 3 nitrogen and oxygen atoms in total. The van der Waals surface area contributed by atoms with E-state index < -0.39 is 0 Å². The molecule has 0 amide bonds. The molecule has 0 saturated carbocycles. The summed E-state index contributed by atoms with van der Waals surface area (Å²) in [5.41, 5.74) is 2.89. The molecular weight excluding hydrogens is 272 g/mol. The van der Waals surface area contributed by atoms with Gasteiger partial charge in [0.1, 0.15) is 0 Å². The molecule has 0 saturated heterocycles. The number of rotatable bonds is 4. The lowest BCUT2D eigenvalue weighted by molar-refractivity contribution is -0.110. The molecular formula is C19H12N2O. The summed E-state index contributed by atoms with van der Waals surface area (Å²) in [4.78, 5) is 15.1. The lowest BCUT2D eigenvalue weighted by atomic mass is 10.1. The van der Waals surface area contributed by atoms with Crippen molar-refractivity contribution in [3.05, 3.63) is 88.8 Å². The van der Waals surface area contributed by atoms with Gasteiger partial charge in [-0.1, -0.05) is 48.6 Å². The Morgan fingerprint density at radius 3 is 1.91 bits per heavy atom. The maximum absolute atomic E-state index is 11.8. The minimum absolute atomic E-state index is 0.126. The number of benzene rings is 2. The summed E-state index contributed by atoms with van der Waals surface area (Å²) in [5, 5.41) is 8.71. The quantitative estimate of drug-likeness (QED) is 0.617. The van der Waals surface area contributed by atoms with Crippen LogP contribution in [0.25, 0.3) is 17.0 Å². The molecule has 0 aliphatic heterocycles. The minimum Gasteiger partial charge on any atom is -0.290 e. The number of nitriles is 1. The highest BCUT2D eigenvalue weighted by Crippen LogP contribution is 2.13. The van der Waals surface area contributed by atoms with Crippen molar-refractivity contribution < 1.29 is 4.79 Å². The van der Waals surface area contributed by atoms with Crippen LogP contribution in [0.4, 0.5) is 5.69 Å². The summed E-state index contributed by atoms with van der Waals surface area (Å²) >= 11 is 0. The maximum atomic E-state index is 11.8. The monoisotopic (exact) mass is 284 g/mol. The zero-order chi connectivity index (χ0) is 15.8. The predicted octanol–water partition coefficient (Wildman–Crippen LogP) is 4.40. The first-order valence-electron chi connectivity index (χ1n) is 6.59. The average molecular weight is 284 g/mol. The second kappa shape index (κ2) is 7.38. The molecule has 0 atom stereocenters. The van der Waals surface area contributed by atoms with Crippen LogP contribution in [0.15, 0.2) is 60.7 Å². The molecule has 3 heteroatoms. The first kappa shape index (κ1) is 15.0. The highest BCUT2D eigenvalue weighted by Gasteiger charge is 1.93. The van der Waals surface area contributed by atoms with E-state index in [1.54, 1.807) is 60.7 Å². The summed E-state index contributed by atoms with van der Waals surface area (Å²) in [6.07, 6.45) is 6.37. The third-order valence-corrected chi connectivity index (χ3v) is 2.94. The number of carbonyl (C=O) groups is 1. The summed E-state index contributed by atoms with van der Waals surface area (Å²) in [6, 6.07) is 16.0. The fraction of sp³-hybridized carbons (Fsp3) is 0. The van der Waals surface area contributed by atoms with Crippen molar-refractivity contribution in [1.29, 1.82) is 5.26 Å². The molecule has 0 bridgehead atoms. The Morgan fingerprint density at radius 2 is 1.45 bits per heavy atom. The first-order valence-corrected chi connectivity index (χ1v) is 6.59. The van der Waals surface area contributed by atoms with Gasteiger partial charge in [0.05, 0.1) is 18.2 Å². The largest absolute Gasteiger partial charge is 0.290 e. The smallest absolute Gasteiger partial charge is 0.187 e. The van der Waals surface area contributed by atoms with Gasteiger partial charge in [-0.3, -0.25) is 4.79 Å². The molecule has 2 rings (SSSR count). The van der Waals surface area contributed by atoms with Gasteiger partial charge >= 0.3 is 0 Å². The minimum atomic E-state index is -0.126. The van der Waals surface area contributed by atoms with Crippen molar-refractivity contribution in [3.63, 3.8) is 0 Å². The van der Waals surface area contributed by atoms with Crippen molar-refractivity contribution >= 4 is 23.6 Å². The molecule has 0 N–H and O–H groups in total. The lowest BCUT2D eigenvalue weighted by Crippen LogP contribution is -1.85. The van der Waals surface area contributed by atoms with E-state index in [-0.39, 0.29) is 5.78 Å². The normalized spacial score (nSPS) is 10.5. The number of carbonyl (C=O) groups excluding carboxylic acids is 1. The number of hydrogen-bond donors (Lipinski definition) is 0. The van der Waals surface area contributed by atoms with Crippen LogP contribution in [0.2, 0.25) is 0 Å². The van der Waals surface area contributed by atoms with Crippen LogP contribution in [0.1, 0.15) is 16.7 Å². The summed E-state index contributed by atoms with van der Waals surface area (Å²) < 4.78 is 0. The van der Waals surface area contributed by atoms with Crippen molar-refractivity contribution in [2.24, 2.45) is 0 Å². The number of hydrogen-bond acceptors (Lipinski definition) is 2. The number of nitrogens with zero attached hydrogens (tertiary/aromatic N) is 2. The van der Waals surface area contributed by atoms with Gasteiger partial charge in [-0.15, -0.1) is 0 Å². The zero-order valence-corrected chi connectivity index (χ0v) is 11.7. The van der Waals surface area contributed by atoms with Crippen LogP contribution in [-0.4, -0.2) is 5.78 Å². The summed E-state index contributed by atoms with van der Waals surface area (Å²) in [5.74, 6) is -0.126. The first-order chi connectivity index (χ1) is 10.7. The molecule has 0 fully saturated rings. The Bertz CT molecular complexity index is 729. The third-order valence-electron chi connectivity index (χ3n) is 2.94. The van der Waals surface area contributed by atoms with E-state index in [1.165, 1.54) is 12.2 Å². The number of ketones is 1. The molecule has 2 aromatic rings. The van der Waals surface area contributed by atoms with E-state index in [2.05, 4.69) is 4.85 Å². The van der Waals surface area contributed by atoms with Gasteiger partial charge in [0.2, 0.25) is 0 Å². The Balaban J connectivity index is 1.99. The standard InChI is InChI=1S/C19H12N2O/c1-21-18-10-6-16(7-11-18)9-13-19(22)12-8-15-2-4-17(14-20)5-3-15/h2-13H. The molecule has 0 unspecified atom stereocenters. The van der Waals surface area contributed by atoms with Gasteiger partial charge in [-0.05, 0) is 35.4 Å². The molecule has 0 aliphatic rings. The van der Waals surface area contributed by atoms with Crippen LogP contribution < -0.4 is 0 Å². The molecule has 0 aromatic heterocycles. The van der Waals surface area contributed by atoms with E-state index in [1.807, 2.05) is 6.07 Å². The van der Waals surface area contributed by atoms with E-state index in [9.17, 15) is 4.79 Å². The Morgan fingerprint density at radius 1 is 0.955 bits per heavy atom. The third kappa shape index (κ3) is 4.30. The van der Waals surface area contributed by atoms with Gasteiger partial charge in [0.15, 0.2) is 11.5 Å². The lowest BCUT2D eigenvalue weighted by Gasteiger charge is -1.93. The summed E-state index contributed by atoms with van der Waals surface area (Å²) in [7, 11) is 0. The molecule has 0 aliphatic carbocycles. The number of allylic oxidation sites excluding steroid dienone is 2. The van der Waals surface area contributed by atoms with Gasteiger partial charge in [-0.2, -0.15) is 5.26 Å². The maximum Gasteiger partial charge on any atom is 0.187 e. The molecule has 0 heterocycles. The van der Waals surface area contributed by atoms with Crippen molar-refractivity contribution in [2.75, 3.05) is 0 Å². The molecule has 0 spiro atoms. The van der Waals surface area contributed by atoms with E-state index in [0.717, 1.165) is 11.1 Å². The molecule has 104 valence electrons. The Kier molecular flexibility index (Phi) is 5.02. The van der Waals surface area contributed by atoms with Crippen LogP contribution in [0.3, 0.4) is 0 Å². The van der Waals surface area contributed by atoms with Crippen LogP contribution in [0.5, 0.6) is 0 Å². The van der Waals surface area contributed by atoms with Crippen molar-refractivity contribution in [2.45, 2.75) is 0 Å². The fourth-order valence-electron chi connectivity index (χ4n) is 1.74. The SMILES string of the molecule is [C-]#[N+]c1ccc(C=CC(=O)C=Cc2ccc(C#N)cc2)cc1. The predicted molar refractivity (Wildman–Crippen MR) is 86.9 cm³/mol. The van der Waals surface area contributed by atoms with Crippen LogP contribution in [0, 0.1) is 17.9 Å². The van der Waals surface area contributed by atoms with Crippen LogP contribution in [-0.2, 0) is 4.79 Å². The highest BCUT2D eigenvalue weighted by molar-refractivity contribution is 6.04. The zero-order valence-electron chi connectivity index (χ0n) is 11.7. The van der Waals surface area contributed by atoms with E-state index in [4.69, 9.17) is 11.8 Å². The highest BCUT2D eigenvalue weighted by atomic mass is 16.1.